The van der Waals surface area contributed by atoms with Crippen molar-refractivity contribution in [1.82, 2.24) is 0 Å². The number of nitrogens with zero attached hydrogens (tertiary/aromatic N) is 1. The molecule has 1 aliphatic carbocycles. The maximum absolute atomic E-state index is 9.88. The van der Waals surface area contributed by atoms with Gasteiger partial charge in [-0.25, -0.2) is 0 Å². The van der Waals surface area contributed by atoms with E-state index >= 15 is 0 Å². The number of benzene rings is 1. The van der Waals surface area contributed by atoms with Gasteiger partial charge in [-0.3, -0.25) is 0 Å². The summed E-state index contributed by atoms with van der Waals surface area (Å²) in [5.74, 6) is 0. The average molecular weight is 275 g/mol. The van der Waals surface area contributed by atoms with E-state index in [1.807, 2.05) is 6.92 Å². The smallest absolute Gasteiger partial charge is 0.0787 e. The average Bonchev–Trinajstić information content (AvgIpc) is 2.54. The molecule has 3 heteroatoms. The molecule has 3 nitrogen and oxygen atoms in total. The molecule has 0 spiro atoms. The minimum Gasteiger partial charge on any atom is -0.388 e. The van der Waals surface area contributed by atoms with Crippen LogP contribution in [0.3, 0.4) is 0 Å². The molecule has 3 atom stereocenters. The van der Waals surface area contributed by atoms with Gasteiger partial charge in [0, 0.05) is 12.2 Å². The fourth-order valence-corrected chi connectivity index (χ4v) is 3.54. The third-order valence-electron chi connectivity index (χ3n) is 4.73. The lowest BCUT2D eigenvalue weighted by Gasteiger charge is -2.45. The van der Waals surface area contributed by atoms with Crippen molar-refractivity contribution in [2.75, 3.05) is 18.1 Å². The Morgan fingerprint density at radius 2 is 2.00 bits per heavy atom. The molecule has 0 amide bonds. The Labute approximate surface area is 121 Å². The summed E-state index contributed by atoms with van der Waals surface area (Å²) in [4.78, 5) is 2.51. The Bertz CT molecular complexity index is 429. The third kappa shape index (κ3) is 2.70. The van der Waals surface area contributed by atoms with Crippen LogP contribution in [0.2, 0.25) is 0 Å². The molecule has 3 rings (SSSR count). The maximum atomic E-state index is 9.88. The van der Waals surface area contributed by atoms with Crippen LogP contribution in [0.25, 0.3) is 0 Å². The van der Waals surface area contributed by atoms with Gasteiger partial charge in [0.15, 0.2) is 0 Å². The van der Waals surface area contributed by atoms with E-state index in [4.69, 9.17) is 4.74 Å². The molecule has 1 aromatic rings. The molecule has 1 aliphatic heterocycles. The van der Waals surface area contributed by atoms with Crippen LogP contribution in [0.4, 0.5) is 5.69 Å². The minimum atomic E-state index is -0.337. The number of aliphatic hydroxyl groups excluding tert-OH is 1. The molecule has 2 aliphatic rings. The molecular weight excluding hydrogens is 250 g/mol. The van der Waals surface area contributed by atoms with Gasteiger partial charge < -0.3 is 14.7 Å². The highest BCUT2D eigenvalue weighted by atomic mass is 16.5. The summed E-state index contributed by atoms with van der Waals surface area (Å²) >= 11 is 0. The van der Waals surface area contributed by atoms with Crippen LogP contribution in [-0.2, 0) is 4.74 Å². The highest BCUT2D eigenvalue weighted by Crippen LogP contribution is 2.32. The predicted octanol–water partition coefficient (Wildman–Crippen LogP) is 3.28. The molecule has 20 heavy (non-hydrogen) atoms. The van der Waals surface area contributed by atoms with Crippen molar-refractivity contribution < 1.29 is 9.84 Å². The number of hydrogen-bond acceptors (Lipinski definition) is 3. The monoisotopic (exact) mass is 275 g/mol. The summed E-state index contributed by atoms with van der Waals surface area (Å²) in [6, 6.07) is 8.99. The van der Waals surface area contributed by atoms with Crippen molar-refractivity contribution >= 4 is 5.69 Å². The number of rotatable bonds is 3. The van der Waals surface area contributed by atoms with Gasteiger partial charge in [0.1, 0.15) is 0 Å². The first-order chi connectivity index (χ1) is 9.79. The molecule has 1 aromatic carbocycles. The predicted molar refractivity (Wildman–Crippen MR) is 81.0 cm³/mol. The quantitative estimate of drug-likeness (QED) is 0.919. The Hall–Kier alpha value is -1.06. The zero-order valence-electron chi connectivity index (χ0n) is 12.3. The van der Waals surface area contributed by atoms with Crippen molar-refractivity contribution in [3.05, 3.63) is 29.8 Å². The van der Waals surface area contributed by atoms with E-state index < -0.39 is 0 Å². The number of ether oxygens (including phenoxy) is 1. The minimum absolute atomic E-state index is 0.337. The first-order valence-corrected chi connectivity index (χ1v) is 7.96. The zero-order chi connectivity index (χ0) is 13.9. The first-order valence-electron chi connectivity index (χ1n) is 7.96. The Morgan fingerprint density at radius 3 is 2.75 bits per heavy atom. The summed E-state index contributed by atoms with van der Waals surface area (Å²) in [5.41, 5.74) is 2.29. The van der Waals surface area contributed by atoms with Gasteiger partial charge in [-0.2, -0.15) is 0 Å². The van der Waals surface area contributed by atoms with E-state index in [2.05, 4.69) is 29.2 Å². The van der Waals surface area contributed by atoms with Crippen molar-refractivity contribution in [1.29, 1.82) is 0 Å². The van der Waals surface area contributed by atoms with E-state index in [0.717, 1.165) is 25.1 Å². The molecule has 110 valence electrons. The van der Waals surface area contributed by atoms with Crippen molar-refractivity contribution in [3.63, 3.8) is 0 Å². The number of hydrogen-bond donors (Lipinski definition) is 1. The maximum Gasteiger partial charge on any atom is 0.0787 e. The van der Waals surface area contributed by atoms with Crippen molar-refractivity contribution in [3.8, 4) is 0 Å². The molecule has 3 unspecified atom stereocenters. The molecule has 2 fully saturated rings. The molecule has 1 N–H and O–H groups in total. The lowest BCUT2D eigenvalue weighted by molar-refractivity contribution is -0.00868. The van der Waals surface area contributed by atoms with Gasteiger partial charge >= 0.3 is 0 Å². The third-order valence-corrected chi connectivity index (χ3v) is 4.73. The van der Waals surface area contributed by atoms with E-state index in [1.165, 1.54) is 31.4 Å². The van der Waals surface area contributed by atoms with Gasteiger partial charge in [-0.1, -0.05) is 31.9 Å². The molecular formula is C17H25NO2. The molecule has 1 saturated heterocycles. The van der Waals surface area contributed by atoms with Crippen LogP contribution < -0.4 is 4.90 Å². The van der Waals surface area contributed by atoms with Gasteiger partial charge in [-0.15, -0.1) is 0 Å². The molecule has 0 radical (unpaired) electrons. The second-order valence-corrected chi connectivity index (χ2v) is 5.97. The SMILES string of the molecule is CCC(O)c1ccc(N2CCOC3CCCCC32)cc1. The fraction of sp³-hybridized carbons (Fsp3) is 0.647. The zero-order valence-corrected chi connectivity index (χ0v) is 12.3. The van der Waals surface area contributed by atoms with Crippen LogP contribution in [0.1, 0.15) is 50.7 Å². The van der Waals surface area contributed by atoms with Crippen LogP contribution in [-0.4, -0.2) is 30.4 Å². The standard InChI is InChI=1S/C17H25NO2/c1-2-16(19)13-7-9-14(10-8-13)18-11-12-20-17-6-4-3-5-15(17)18/h7-10,15-17,19H,2-6,11-12H2,1H3. The summed E-state index contributed by atoms with van der Waals surface area (Å²) in [5, 5.41) is 9.88. The number of fused-ring (bicyclic) bond motifs is 1. The summed E-state index contributed by atoms with van der Waals surface area (Å²) in [7, 11) is 0. The van der Waals surface area contributed by atoms with Crippen LogP contribution in [0.15, 0.2) is 24.3 Å². The number of aliphatic hydroxyl groups is 1. The van der Waals surface area contributed by atoms with Crippen LogP contribution in [0, 0.1) is 0 Å². The van der Waals surface area contributed by atoms with E-state index in [-0.39, 0.29) is 6.10 Å². The number of anilines is 1. The van der Waals surface area contributed by atoms with Crippen molar-refractivity contribution in [2.24, 2.45) is 0 Å². The van der Waals surface area contributed by atoms with Gasteiger partial charge in [0.25, 0.3) is 0 Å². The van der Waals surface area contributed by atoms with E-state index in [9.17, 15) is 5.11 Å². The highest BCUT2D eigenvalue weighted by Gasteiger charge is 2.34. The first kappa shape index (κ1) is 13.9. The topological polar surface area (TPSA) is 32.7 Å². The molecule has 0 bridgehead atoms. The van der Waals surface area contributed by atoms with E-state index in [0.29, 0.717) is 12.1 Å². The largest absolute Gasteiger partial charge is 0.388 e. The Morgan fingerprint density at radius 1 is 1.25 bits per heavy atom. The van der Waals surface area contributed by atoms with Crippen LogP contribution >= 0.6 is 0 Å². The molecule has 0 aromatic heterocycles. The van der Waals surface area contributed by atoms with Crippen molar-refractivity contribution in [2.45, 2.75) is 57.3 Å². The molecule has 1 saturated carbocycles. The summed E-state index contributed by atoms with van der Waals surface area (Å²) < 4.78 is 5.93. The van der Waals surface area contributed by atoms with Gasteiger partial charge in [0.2, 0.25) is 0 Å². The second kappa shape index (κ2) is 6.15. The highest BCUT2D eigenvalue weighted by molar-refractivity contribution is 5.49. The lowest BCUT2D eigenvalue weighted by atomic mass is 9.89. The Balaban J connectivity index is 1.77. The van der Waals surface area contributed by atoms with Crippen LogP contribution in [0.5, 0.6) is 0 Å². The Kier molecular flexibility index (Phi) is 4.27. The van der Waals surface area contributed by atoms with E-state index in [1.54, 1.807) is 0 Å². The normalized spacial score (nSPS) is 28.0. The fourth-order valence-electron chi connectivity index (χ4n) is 3.54. The van der Waals surface area contributed by atoms with Gasteiger partial charge in [0.05, 0.1) is 24.9 Å². The number of morpholine rings is 1. The second-order valence-electron chi connectivity index (χ2n) is 5.97. The summed E-state index contributed by atoms with van der Waals surface area (Å²) in [6.45, 7) is 3.82. The lowest BCUT2D eigenvalue weighted by Crippen LogP contribution is -2.52. The molecule has 1 heterocycles. The van der Waals surface area contributed by atoms with Gasteiger partial charge in [-0.05, 0) is 37.0 Å². The summed E-state index contributed by atoms with van der Waals surface area (Å²) in [6.07, 6.45) is 5.90.